The number of amides is 2. The zero-order valence-corrected chi connectivity index (χ0v) is 14.5. The van der Waals surface area contributed by atoms with Crippen LogP contribution in [0, 0.1) is 0 Å². The fraction of sp³-hybridized carbons (Fsp3) is 0.389. The van der Waals surface area contributed by atoms with E-state index in [-0.39, 0.29) is 12.5 Å². The number of esters is 1. The summed E-state index contributed by atoms with van der Waals surface area (Å²) in [7, 11) is 1.46. The molecule has 1 aliphatic rings. The van der Waals surface area contributed by atoms with Crippen LogP contribution in [0.3, 0.4) is 0 Å². The summed E-state index contributed by atoms with van der Waals surface area (Å²) in [6.07, 6.45) is 4.25. The van der Waals surface area contributed by atoms with Crippen LogP contribution in [0.2, 0.25) is 0 Å². The third kappa shape index (κ3) is 5.80. The van der Waals surface area contributed by atoms with E-state index in [9.17, 15) is 14.4 Å². The first-order chi connectivity index (χ1) is 12.5. The second-order valence-electron chi connectivity index (χ2n) is 5.71. The third-order valence-electron chi connectivity index (χ3n) is 3.71. The molecule has 1 aliphatic heterocycles. The molecule has 0 bridgehead atoms. The second-order valence-corrected chi connectivity index (χ2v) is 5.71. The SMILES string of the molecule is COc1cc(/C=C/C(=O)OC2CCCCNC2=O)ccc1OCC(N)=O. The number of hydrogen-bond acceptors (Lipinski definition) is 6. The zero-order chi connectivity index (χ0) is 18.9. The van der Waals surface area contributed by atoms with E-state index in [0.717, 1.165) is 12.8 Å². The molecule has 1 saturated heterocycles. The minimum atomic E-state index is -0.756. The molecule has 0 aliphatic carbocycles. The van der Waals surface area contributed by atoms with Gasteiger partial charge in [0.2, 0.25) is 0 Å². The number of primary amides is 1. The molecule has 0 aromatic heterocycles. The standard InChI is InChI=1S/C18H22N2O6/c1-24-15-10-12(5-7-13(15)25-11-16(19)21)6-8-17(22)26-14-4-2-3-9-20-18(14)23/h5-8,10,14H,2-4,9,11H2,1H3,(H2,19,21)(H,20,23)/b8-6+. The highest BCUT2D eigenvalue weighted by Gasteiger charge is 2.23. The summed E-state index contributed by atoms with van der Waals surface area (Å²) in [6.45, 7) is 0.341. The van der Waals surface area contributed by atoms with Gasteiger partial charge in [0.05, 0.1) is 7.11 Å². The van der Waals surface area contributed by atoms with Crippen molar-refractivity contribution in [2.45, 2.75) is 25.4 Å². The summed E-state index contributed by atoms with van der Waals surface area (Å²) < 4.78 is 15.6. The molecule has 8 nitrogen and oxygen atoms in total. The highest BCUT2D eigenvalue weighted by molar-refractivity contribution is 5.90. The number of carbonyl (C=O) groups is 3. The van der Waals surface area contributed by atoms with Gasteiger partial charge in [-0.25, -0.2) is 4.79 Å². The number of rotatable bonds is 7. The Kier molecular flexibility index (Phi) is 7.02. The van der Waals surface area contributed by atoms with Crippen molar-refractivity contribution < 1.29 is 28.6 Å². The number of nitrogens with one attached hydrogen (secondary N) is 1. The van der Waals surface area contributed by atoms with Crippen LogP contribution in [0.4, 0.5) is 0 Å². The van der Waals surface area contributed by atoms with E-state index in [1.165, 1.54) is 19.3 Å². The van der Waals surface area contributed by atoms with Gasteiger partial charge in [-0.2, -0.15) is 0 Å². The normalized spacial score (nSPS) is 17.3. The Morgan fingerprint density at radius 3 is 2.85 bits per heavy atom. The summed E-state index contributed by atoms with van der Waals surface area (Å²) in [4.78, 5) is 34.5. The molecule has 1 aromatic rings. The average Bonchev–Trinajstić information content (AvgIpc) is 2.82. The van der Waals surface area contributed by atoms with Crippen molar-refractivity contribution in [1.82, 2.24) is 5.32 Å². The van der Waals surface area contributed by atoms with Gasteiger partial charge in [-0.1, -0.05) is 6.07 Å². The van der Waals surface area contributed by atoms with Crippen molar-refractivity contribution in [3.05, 3.63) is 29.8 Å². The van der Waals surface area contributed by atoms with Gasteiger partial charge in [0.1, 0.15) is 0 Å². The molecule has 1 aromatic carbocycles. The van der Waals surface area contributed by atoms with Crippen molar-refractivity contribution >= 4 is 23.9 Å². The summed E-state index contributed by atoms with van der Waals surface area (Å²) in [5.41, 5.74) is 5.71. The Morgan fingerprint density at radius 2 is 2.12 bits per heavy atom. The van der Waals surface area contributed by atoms with E-state index in [4.69, 9.17) is 19.9 Å². The summed E-state index contributed by atoms with van der Waals surface area (Å²) in [6, 6.07) is 4.92. The van der Waals surface area contributed by atoms with E-state index < -0.39 is 18.0 Å². The molecular formula is C18H22N2O6. The maximum atomic E-state index is 11.9. The van der Waals surface area contributed by atoms with Crippen LogP contribution in [0.1, 0.15) is 24.8 Å². The van der Waals surface area contributed by atoms with Crippen LogP contribution >= 0.6 is 0 Å². The second kappa shape index (κ2) is 9.45. The van der Waals surface area contributed by atoms with E-state index >= 15 is 0 Å². The Hall–Kier alpha value is -3.03. The Morgan fingerprint density at radius 1 is 1.31 bits per heavy atom. The van der Waals surface area contributed by atoms with Gasteiger partial charge in [0.25, 0.3) is 11.8 Å². The van der Waals surface area contributed by atoms with Gasteiger partial charge < -0.3 is 25.3 Å². The van der Waals surface area contributed by atoms with Crippen LogP contribution in [0.5, 0.6) is 11.5 Å². The monoisotopic (exact) mass is 362 g/mol. The lowest BCUT2D eigenvalue weighted by atomic mass is 10.1. The highest BCUT2D eigenvalue weighted by Crippen LogP contribution is 2.28. The molecular weight excluding hydrogens is 340 g/mol. The highest BCUT2D eigenvalue weighted by atomic mass is 16.5. The van der Waals surface area contributed by atoms with Crippen molar-refractivity contribution in [3.63, 3.8) is 0 Å². The number of benzene rings is 1. The molecule has 3 N–H and O–H groups in total. The summed E-state index contributed by atoms with van der Waals surface area (Å²) in [5, 5.41) is 2.71. The topological polar surface area (TPSA) is 117 Å². The average molecular weight is 362 g/mol. The maximum absolute atomic E-state index is 11.9. The molecule has 2 rings (SSSR count). The number of methoxy groups -OCH3 is 1. The fourth-order valence-corrected chi connectivity index (χ4v) is 2.42. The summed E-state index contributed by atoms with van der Waals surface area (Å²) in [5.74, 6) is -0.700. The summed E-state index contributed by atoms with van der Waals surface area (Å²) >= 11 is 0. The fourth-order valence-electron chi connectivity index (χ4n) is 2.42. The Labute approximate surface area is 151 Å². The van der Waals surface area contributed by atoms with E-state index in [0.29, 0.717) is 30.0 Å². The van der Waals surface area contributed by atoms with E-state index in [1.807, 2.05) is 0 Å². The Bertz CT molecular complexity index is 701. The Balaban J connectivity index is 1.98. The lowest BCUT2D eigenvalue weighted by Crippen LogP contribution is -2.35. The van der Waals surface area contributed by atoms with Crippen LogP contribution in [0.25, 0.3) is 6.08 Å². The van der Waals surface area contributed by atoms with Crippen molar-refractivity contribution in [1.29, 1.82) is 0 Å². The van der Waals surface area contributed by atoms with Crippen molar-refractivity contribution in [2.24, 2.45) is 5.73 Å². The van der Waals surface area contributed by atoms with Gasteiger partial charge in [0.15, 0.2) is 24.2 Å². The predicted octanol–water partition coefficient (Wildman–Crippen LogP) is 0.784. The third-order valence-corrected chi connectivity index (χ3v) is 3.71. The lowest BCUT2D eigenvalue weighted by Gasteiger charge is -2.13. The van der Waals surface area contributed by atoms with E-state index in [1.54, 1.807) is 18.2 Å². The molecule has 1 atom stereocenters. The molecule has 26 heavy (non-hydrogen) atoms. The molecule has 140 valence electrons. The lowest BCUT2D eigenvalue weighted by molar-refractivity contribution is -0.151. The van der Waals surface area contributed by atoms with Crippen molar-refractivity contribution in [3.8, 4) is 11.5 Å². The largest absolute Gasteiger partial charge is 0.493 e. The number of ether oxygens (including phenoxy) is 3. The smallest absolute Gasteiger partial charge is 0.331 e. The first-order valence-corrected chi connectivity index (χ1v) is 8.25. The molecule has 2 amide bonds. The number of nitrogens with two attached hydrogens (primary N) is 1. The number of carbonyl (C=O) groups excluding carboxylic acids is 3. The van der Waals surface area contributed by atoms with Gasteiger partial charge in [-0.15, -0.1) is 0 Å². The molecule has 1 heterocycles. The minimum absolute atomic E-state index is 0.262. The molecule has 8 heteroatoms. The van der Waals surface area contributed by atoms with Gasteiger partial charge in [-0.3, -0.25) is 9.59 Å². The van der Waals surface area contributed by atoms with Crippen LogP contribution in [-0.2, 0) is 19.1 Å². The molecule has 0 saturated carbocycles. The van der Waals surface area contributed by atoms with Crippen LogP contribution in [0.15, 0.2) is 24.3 Å². The van der Waals surface area contributed by atoms with Gasteiger partial charge in [-0.05, 0) is 43.0 Å². The molecule has 1 unspecified atom stereocenters. The predicted molar refractivity (Wildman–Crippen MR) is 93.5 cm³/mol. The molecule has 0 spiro atoms. The van der Waals surface area contributed by atoms with Gasteiger partial charge in [0, 0.05) is 12.6 Å². The minimum Gasteiger partial charge on any atom is -0.493 e. The zero-order valence-electron chi connectivity index (χ0n) is 14.5. The van der Waals surface area contributed by atoms with Gasteiger partial charge >= 0.3 is 5.97 Å². The first-order valence-electron chi connectivity index (χ1n) is 8.25. The maximum Gasteiger partial charge on any atom is 0.331 e. The molecule has 0 radical (unpaired) electrons. The van der Waals surface area contributed by atoms with Crippen LogP contribution < -0.4 is 20.5 Å². The molecule has 1 fully saturated rings. The first kappa shape index (κ1) is 19.3. The quantitative estimate of drug-likeness (QED) is 0.547. The van der Waals surface area contributed by atoms with Crippen LogP contribution in [-0.4, -0.2) is 44.1 Å². The number of hydrogen-bond donors (Lipinski definition) is 2. The van der Waals surface area contributed by atoms with E-state index in [2.05, 4.69) is 5.32 Å². The van der Waals surface area contributed by atoms with Crippen molar-refractivity contribution in [2.75, 3.05) is 20.3 Å².